The lowest BCUT2D eigenvalue weighted by molar-refractivity contribution is 0.652. The quantitative estimate of drug-likeness (QED) is 0.736. The Hall–Kier alpha value is -2.22. The highest BCUT2D eigenvalue weighted by Crippen LogP contribution is 2.23. The number of imidazole rings is 1. The third kappa shape index (κ3) is 1.58. The summed E-state index contributed by atoms with van der Waals surface area (Å²) < 4.78 is 1.90. The number of nitriles is 1. The second kappa shape index (κ2) is 3.98. The lowest BCUT2D eigenvalue weighted by Crippen LogP contribution is -2.09. The Bertz CT molecular complexity index is 593. The molecule has 0 unspecified atom stereocenters. The Balaban J connectivity index is 2.16. The smallest absolute Gasteiger partial charge is 0.178 e. The molecule has 2 heterocycles. The Labute approximate surface area is 98.7 Å². The summed E-state index contributed by atoms with van der Waals surface area (Å²) in [4.78, 5) is 4.39. The van der Waals surface area contributed by atoms with E-state index in [9.17, 15) is 0 Å². The minimum atomic E-state index is 0.533. The second-order valence-electron chi connectivity index (χ2n) is 4.10. The molecular formula is C12H11N5. The van der Waals surface area contributed by atoms with Gasteiger partial charge in [0.05, 0.1) is 17.5 Å². The van der Waals surface area contributed by atoms with Crippen molar-refractivity contribution in [3.63, 3.8) is 0 Å². The lowest BCUT2D eigenvalue weighted by Gasteiger charge is -2.13. The average Bonchev–Trinajstić information content (AvgIpc) is 2.82. The molecule has 0 radical (unpaired) electrons. The van der Waals surface area contributed by atoms with Crippen molar-refractivity contribution in [1.82, 2.24) is 19.7 Å². The van der Waals surface area contributed by atoms with Gasteiger partial charge in [0.25, 0.3) is 0 Å². The summed E-state index contributed by atoms with van der Waals surface area (Å²) >= 11 is 0. The van der Waals surface area contributed by atoms with Crippen LogP contribution in [0.1, 0.15) is 29.8 Å². The SMILES string of the molecule is N#Cc1ccnnc1-n1cnc2c1CCCC2. The number of hydrogen-bond acceptors (Lipinski definition) is 4. The fraction of sp³-hybridized carbons (Fsp3) is 0.333. The van der Waals surface area contributed by atoms with Crippen LogP contribution in [-0.2, 0) is 12.8 Å². The molecular weight excluding hydrogens is 214 g/mol. The van der Waals surface area contributed by atoms with Crippen LogP contribution in [0, 0.1) is 11.3 Å². The van der Waals surface area contributed by atoms with Gasteiger partial charge < -0.3 is 0 Å². The molecule has 84 valence electrons. The van der Waals surface area contributed by atoms with Crippen LogP contribution in [0.2, 0.25) is 0 Å². The van der Waals surface area contributed by atoms with Crippen molar-refractivity contribution in [3.05, 3.63) is 35.5 Å². The van der Waals surface area contributed by atoms with Gasteiger partial charge in [-0.1, -0.05) is 0 Å². The number of aryl methyl sites for hydroxylation is 1. The number of aromatic nitrogens is 4. The third-order valence-electron chi connectivity index (χ3n) is 3.08. The third-order valence-corrected chi connectivity index (χ3v) is 3.08. The molecule has 5 heteroatoms. The molecule has 0 bridgehead atoms. The highest BCUT2D eigenvalue weighted by Gasteiger charge is 2.18. The van der Waals surface area contributed by atoms with Gasteiger partial charge in [-0.25, -0.2) is 4.98 Å². The van der Waals surface area contributed by atoms with Gasteiger partial charge in [-0.05, 0) is 31.7 Å². The molecule has 0 saturated heterocycles. The number of fused-ring (bicyclic) bond motifs is 1. The zero-order valence-electron chi connectivity index (χ0n) is 9.30. The van der Waals surface area contributed by atoms with Gasteiger partial charge in [-0.2, -0.15) is 10.4 Å². The normalized spacial score (nSPS) is 14.1. The summed E-state index contributed by atoms with van der Waals surface area (Å²) in [7, 11) is 0. The summed E-state index contributed by atoms with van der Waals surface area (Å²) in [6, 6.07) is 3.82. The minimum absolute atomic E-state index is 0.533. The molecule has 17 heavy (non-hydrogen) atoms. The largest absolute Gasteiger partial charge is 0.285 e. The standard InChI is InChI=1S/C12H11N5/c13-7-9-5-6-15-16-12(9)17-8-14-10-3-1-2-4-11(10)17/h5-6,8H,1-4H2. The summed E-state index contributed by atoms with van der Waals surface area (Å²) in [6.07, 6.45) is 7.66. The van der Waals surface area contributed by atoms with Crippen LogP contribution in [0.5, 0.6) is 0 Å². The first kappa shape index (κ1) is 9.97. The topological polar surface area (TPSA) is 67.4 Å². The zero-order chi connectivity index (χ0) is 11.7. The van der Waals surface area contributed by atoms with Crippen molar-refractivity contribution in [1.29, 1.82) is 5.26 Å². The Morgan fingerprint density at radius 3 is 3.06 bits per heavy atom. The fourth-order valence-corrected chi connectivity index (χ4v) is 2.24. The number of rotatable bonds is 1. The predicted molar refractivity (Wildman–Crippen MR) is 60.5 cm³/mol. The van der Waals surface area contributed by atoms with Crippen molar-refractivity contribution in [2.75, 3.05) is 0 Å². The van der Waals surface area contributed by atoms with E-state index in [-0.39, 0.29) is 0 Å². The van der Waals surface area contributed by atoms with Crippen LogP contribution in [0.4, 0.5) is 0 Å². The van der Waals surface area contributed by atoms with E-state index in [0.717, 1.165) is 18.5 Å². The van der Waals surface area contributed by atoms with Crippen LogP contribution in [0.15, 0.2) is 18.6 Å². The van der Waals surface area contributed by atoms with E-state index in [1.165, 1.54) is 24.7 Å². The van der Waals surface area contributed by atoms with Crippen LogP contribution < -0.4 is 0 Å². The molecule has 0 N–H and O–H groups in total. The summed E-state index contributed by atoms with van der Waals surface area (Å²) in [5, 5.41) is 17.0. The van der Waals surface area contributed by atoms with Gasteiger partial charge in [-0.15, -0.1) is 5.10 Å². The van der Waals surface area contributed by atoms with E-state index in [0.29, 0.717) is 11.4 Å². The first-order valence-corrected chi connectivity index (χ1v) is 5.67. The van der Waals surface area contributed by atoms with Gasteiger partial charge in [0.1, 0.15) is 12.4 Å². The van der Waals surface area contributed by atoms with Gasteiger partial charge in [0.2, 0.25) is 0 Å². The van der Waals surface area contributed by atoms with Crippen LogP contribution in [0.3, 0.4) is 0 Å². The molecule has 0 amide bonds. The van der Waals surface area contributed by atoms with Gasteiger partial charge >= 0.3 is 0 Å². The summed E-state index contributed by atoms with van der Waals surface area (Å²) in [5.74, 6) is 0.589. The van der Waals surface area contributed by atoms with Crippen molar-refractivity contribution in [2.24, 2.45) is 0 Å². The maximum absolute atomic E-state index is 9.07. The molecule has 5 nitrogen and oxygen atoms in total. The molecule has 0 saturated carbocycles. The van der Waals surface area contributed by atoms with Crippen LogP contribution in [-0.4, -0.2) is 19.7 Å². The zero-order valence-corrected chi connectivity index (χ0v) is 9.30. The first-order valence-electron chi connectivity index (χ1n) is 5.67. The molecule has 0 aliphatic heterocycles. The highest BCUT2D eigenvalue weighted by molar-refractivity contribution is 5.43. The van der Waals surface area contributed by atoms with E-state index in [2.05, 4.69) is 21.3 Å². The highest BCUT2D eigenvalue weighted by atomic mass is 15.2. The van der Waals surface area contributed by atoms with Crippen LogP contribution >= 0.6 is 0 Å². The fourth-order valence-electron chi connectivity index (χ4n) is 2.24. The van der Waals surface area contributed by atoms with Crippen LogP contribution in [0.25, 0.3) is 5.82 Å². The molecule has 0 spiro atoms. The Morgan fingerprint density at radius 2 is 2.18 bits per heavy atom. The Kier molecular flexibility index (Phi) is 2.33. The molecule has 1 aliphatic carbocycles. The van der Waals surface area contributed by atoms with E-state index >= 15 is 0 Å². The molecule has 3 rings (SSSR count). The summed E-state index contributed by atoms with van der Waals surface area (Å²) in [6.45, 7) is 0. The molecule has 1 aliphatic rings. The van der Waals surface area contributed by atoms with Crippen molar-refractivity contribution in [2.45, 2.75) is 25.7 Å². The molecule has 2 aromatic heterocycles. The predicted octanol–water partition coefficient (Wildman–Crippen LogP) is 1.41. The number of nitrogens with zero attached hydrogens (tertiary/aromatic N) is 5. The molecule has 2 aromatic rings. The maximum atomic E-state index is 9.07. The van der Waals surface area contributed by atoms with Gasteiger partial charge in [-0.3, -0.25) is 4.57 Å². The molecule has 0 atom stereocenters. The van der Waals surface area contributed by atoms with E-state index < -0.39 is 0 Å². The van der Waals surface area contributed by atoms with E-state index in [1.807, 2.05) is 4.57 Å². The van der Waals surface area contributed by atoms with Gasteiger partial charge in [0.15, 0.2) is 5.82 Å². The first-order chi connectivity index (χ1) is 8.40. The lowest BCUT2D eigenvalue weighted by atomic mass is 10.0. The summed E-state index contributed by atoms with van der Waals surface area (Å²) in [5.41, 5.74) is 2.84. The Morgan fingerprint density at radius 1 is 1.29 bits per heavy atom. The van der Waals surface area contributed by atoms with Gasteiger partial charge in [0, 0.05) is 5.69 Å². The average molecular weight is 225 g/mol. The van der Waals surface area contributed by atoms with E-state index in [1.54, 1.807) is 12.4 Å². The monoisotopic (exact) mass is 225 g/mol. The van der Waals surface area contributed by atoms with Crippen molar-refractivity contribution < 1.29 is 0 Å². The van der Waals surface area contributed by atoms with Crippen molar-refractivity contribution in [3.8, 4) is 11.9 Å². The second-order valence-corrected chi connectivity index (χ2v) is 4.10. The molecule has 0 aromatic carbocycles. The van der Waals surface area contributed by atoms with Crippen molar-refractivity contribution >= 4 is 0 Å². The molecule has 0 fully saturated rings. The van der Waals surface area contributed by atoms with E-state index in [4.69, 9.17) is 5.26 Å². The minimum Gasteiger partial charge on any atom is -0.285 e. The maximum Gasteiger partial charge on any atom is 0.178 e. The number of hydrogen-bond donors (Lipinski definition) is 0.